The molecule has 0 aliphatic rings. The Balaban J connectivity index is 4.16. The third-order valence-corrected chi connectivity index (χ3v) is 3.00. The number of rotatable bonds is 6. The first-order chi connectivity index (χ1) is 6.25. The van der Waals surface area contributed by atoms with E-state index in [4.69, 9.17) is 0 Å². The Bertz CT molecular complexity index is 214. The summed E-state index contributed by atoms with van der Waals surface area (Å²) in [5.74, 6) is 0.0500. The summed E-state index contributed by atoms with van der Waals surface area (Å²) in [6.07, 6.45) is 3.17. The Morgan fingerprint density at radius 1 is 1.21 bits per heavy atom. The molecule has 0 amide bonds. The molecule has 0 aromatic carbocycles. The van der Waals surface area contributed by atoms with Crippen molar-refractivity contribution in [3.05, 3.63) is 0 Å². The zero-order valence-corrected chi connectivity index (χ0v) is 10.0. The average molecular weight is 198 g/mol. The topological polar surface area (TPSA) is 34.1 Å². The number of hydrogen-bond acceptors (Lipinski definition) is 2. The highest BCUT2D eigenvalue weighted by atomic mass is 16.1. The minimum absolute atomic E-state index is 0.0500. The molecule has 14 heavy (non-hydrogen) atoms. The Morgan fingerprint density at radius 3 is 2.07 bits per heavy atom. The minimum atomic E-state index is -0.802. The summed E-state index contributed by atoms with van der Waals surface area (Å²) < 4.78 is 0. The third kappa shape index (κ3) is 4.03. The molecule has 2 nitrogen and oxygen atoms in total. The first kappa shape index (κ1) is 13.3. The smallest absolute Gasteiger partial charge is 0.145 e. The van der Waals surface area contributed by atoms with Crippen molar-refractivity contribution in [2.45, 2.75) is 53.9 Å². The molecule has 0 saturated carbocycles. The van der Waals surface area contributed by atoms with Crippen molar-refractivity contribution < 1.29 is 9.59 Å². The van der Waals surface area contributed by atoms with Crippen LogP contribution in [0.1, 0.15) is 53.9 Å². The molecular formula is C12H22O2. The fraction of sp³-hybridized carbons (Fsp3) is 0.833. The van der Waals surface area contributed by atoms with Gasteiger partial charge in [-0.25, -0.2) is 0 Å². The van der Waals surface area contributed by atoms with E-state index >= 15 is 0 Å². The standard InChI is InChI=1S/C12H22O2/c1-6-11(2,3)8-7-10(14)12(4,5)9-13/h9H,6-8H2,1-5H3. The SMILES string of the molecule is CCC(C)(C)CCC(=O)C(C)(C)C=O. The van der Waals surface area contributed by atoms with Crippen LogP contribution in [0.3, 0.4) is 0 Å². The van der Waals surface area contributed by atoms with E-state index in [1.54, 1.807) is 13.8 Å². The van der Waals surface area contributed by atoms with Crippen LogP contribution < -0.4 is 0 Å². The lowest BCUT2D eigenvalue weighted by atomic mass is 9.80. The van der Waals surface area contributed by atoms with Gasteiger partial charge in [-0.15, -0.1) is 0 Å². The van der Waals surface area contributed by atoms with Crippen LogP contribution in [0.4, 0.5) is 0 Å². The second kappa shape index (κ2) is 4.72. The summed E-state index contributed by atoms with van der Waals surface area (Å²) in [6.45, 7) is 9.78. The van der Waals surface area contributed by atoms with Gasteiger partial charge in [0.15, 0.2) is 0 Å². The normalized spacial score (nSPS) is 12.6. The van der Waals surface area contributed by atoms with Crippen molar-refractivity contribution in [2.24, 2.45) is 10.8 Å². The lowest BCUT2D eigenvalue weighted by Gasteiger charge is -2.24. The van der Waals surface area contributed by atoms with Crippen LogP contribution in [0.5, 0.6) is 0 Å². The number of carbonyl (C=O) groups is 2. The van der Waals surface area contributed by atoms with Gasteiger partial charge in [0.25, 0.3) is 0 Å². The molecule has 2 heteroatoms. The van der Waals surface area contributed by atoms with Crippen molar-refractivity contribution in [2.75, 3.05) is 0 Å². The molecule has 0 heterocycles. The van der Waals surface area contributed by atoms with Gasteiger partial charge in [0.1, 0.15) is 12.1 Å². The van der Waals surface area contributed by atoms with Gasteiger partial charge in [0.05, 0.1) is 5.41 Å². The van der Waals surface area contributed by atoms with E-state index in [0.29, 0.717) is 6.42 Å². The highest BCUT2D eigenvalue weighted by molar-refractivity contribution is 5.97. The van der Waals surface area contributed by atoms with Crippen LogP contribution in [-0.2, 0) is 9.59 Å². The van der Waals surface area contributed by atoms with Crippen molar-refractivity contribution in [1.82, 2.24) is 0 Å². The third-order valence-electron chi connectivity index (χ3n) is 3.00. The predicted octanol–water partition coefficient (Wildman–Crippen LogP) is 3.00. The maximum atomic E-state index is 11.6. The summed E-state index contributed by atoms with van der Waals surface area (Å²) >= 11 is 0. The van der Waals surface area contributed by atoms with Crippen molar-refractivity contribution in [3.8, 4) is 0 Å². The molecule has 0 bridgehead atoms. The fourth-order valence-electron chi connectivity index (χ4n) is 1.02. The fourth-order valence-corrected chi connectivity index (χ4v) is 1.02. The first-order valence-corrected chi connectivity index (χ1v) is 5.25. The molecule has 0 aromatic heterocycles. The summed E-state index contributed by atoms with van der Waals surface area (Å²) in [5, 5.41) is 0. The Kier molecular flexibility index (Phi) is 4.50. The Morgan fingerprint density at radius 2 is 1.71 bits per heavy atom. The highest BCUT2D eigenvalue weighted by Gasteiger charge is 2.28. The maximum absolute atomic E-state index is 11.6. The average Bonchev–Trinajstić information content (AvgIpc) is 2.14. The number of hydrogen-bond donors (Lipinski definition) is 0. The van der Waals surface area contributed by atoms with Crippen molar-refractivity contribution in [3.63, 3.8) is 0 Å². The second-order valence-corrected chi connectivity index (χ2v) is 5.28. The van der Waals surface area contributed by atoms with Gasteiger partial charge in [0, 0.05) is 6.42 Å². The lowest BCUT2D eigenvalue weighted by molar-refractivity contribution is -0.133. The van der Waals surface area contributed by atoms with Gasteiger partial charge in [0.2, 0.25) is 0 Å². The van der Waals surface area contributed by atoms with E-state index in [2.05, 4.69) is 20.8 Å². The molecule has 0 rings (SSSR count). The van der Waals surface area contributed by atoms with E-state index < -0.39 is 5.41 Å². The van der Waals surface area contributed by atoms with Crippen LogP contribution in [0.25, 0.3) is 0 Å². The van der Waals surface area contributed by atoms with Crippen LogP contribution in [-0.4, -0.2) is 12.1 Å². The molecule has 0 N–H and O–H groups in total. The molecule has 0 spiro atoms. The quantitative estimate of drug-likeness (QED) is 0.485. The molecule has 0 saturated heterocycles. The van der Waals surface area contributed by atoms with Crippen molar-refractivity contribution >= 4 is 12.1 Å². The summed E-state index contributed by atoms with van der Waals surface area (Å²) in [4.78, 5) is 22.3. The molecule has 0 aliphatic carbocycles. The zero-order chi connectivity index (χ0) is 11.4. The van der Waals surface area contributed by atoms with Gasteiger partial charge in [-0.1, -0.05) is 27.2 Å². The van der Waals surface area contributed by atoms with Crippen LogP contribution in [0.15, 0.2) is 0 Å². The van der Waals surface area contributed by atoms with E-state index in [-0.39, 0.29) is 11.2 Å². The summed E-state index contributed by atoms with van der Waals surface area (Å²) in [7, 11) is 0. The predicted molar refractivity (Wildman–Crippen MR) is 58.2 cm³/mol. The van der Waals surface area contributed by atoms with Gasteiger partial charge < -0.3 is 4.79 Å². The van der Waals surface area contributed by atoms with E-state index in [1.807, 2.05) is 0 Å². The van der Waals surface area contributed by atoms with Crippen molar-refractivity contribution in [1.29, 1.82) is 0 Å². The van der Waals surface area contributed by atoms with Crippen LogP contribution in [0, 0.1) is 10.8 Å². The molecule has 0 atom stereocenters. The van der Waals surface area contributed by atoms with Gasteiger partial charge in [-0.3, -0.25) is 4.79 Å². The monoisotopic (exact) mass is 198 g/mol. The Hall–Kier alpha value is -0.660. The molecule has 0 aromatic rings. The summed E-state index contributed by atoms with van der Waals surface area (Å²) in [6, 6.07) is 0. The lowest BCUT2D eigenvalue weighted by Crippen LogP contribution is -2.27. The molecule has 0 unspecified atom stereocenters. The van der Waals surface area contributed by atoms with Gasteiger partial charge in [-0.05, 0) is 25.7 Å². The molecule has 0 fully saturated rings. The van der Waals surface area contributed by atoms with Gasteiger partial charge in [-0.2, -0.15) is 0 Å². The van der Waals surface area contributed by atoms with E-state index in [1.165, 1.54) is 0 Å². The highest BCUT2D eigenvalue weighted by Crippen LogP contribution is 2.28. The second-order valence-electron chi connectivity index (χ2n) is 5.28. The largest absolute Gasteiger partial charge is 0.302 e. The molecule has 0 aliphatic heterocycles. The van der Waals surface area contributed by atoms with Gasteiger partial charge >= 0.3 is 0 Å². The minimum Gasteiger partial charge on any atom is -0.302 e. The van der Waals surface area contributed by atoms with Crippen LogP contribution in [0.2, 0.25) is 0 Å². The maximum Gasteiger partial charge on any atom is 0.145 e. The van der Waals surface area contributed by atoms with E-state index in [0.717, 1.165) is 19.1 Å². The number of ketones is 1. The first-order valence-electron chi connectivity index (χ1n) is 5.25. The number of Topliss-reactive ketones (excluding diaryl/α,β-unsaturated/α-hetero) is 1. The molecule has 0 radical (unpaired) electrons. The number of aldehydes is 1. The molecule has 82 valence electrons. The zero-order valence-electron chi connectivity index (χ0n) is 10.0. The van der Waals surface area contributed by atoms with E-state index in [9.17, 15) is 9.59 Å². The molecular weight excluding hydrogens is 176 g/mol. The Labute approximate surface area is 87.1 Å². The summed E-state index contributed by atoms with van der Waals surface area (Å²) in [5.41, 5.74) is -0.599. The van der Waals surface area contributed by atoms with Crippen LogP contribution >= 0.6 is 0 Å². The number of carbonyl (C=O) groups excluding carboxylic acids is 2.